The number of rotatable bonds is 11. The van der Waals surface area contributed by atoms with Crippen LogP contribution in [0.25, 0.3) is 0 Å². The van der Waals surface area contributed by atoms with Gasteiger partial charge in [0, 0.05) is 54.1 Å². The third-order valence-corrected chi connectivity index (χ3v) is 9.73. The molecular weight excluding hydrogens is 514 g/mol. The average molecular weight is 558 g/mol. The first-order chi connectivity index (χ1) is 19.9. The smallest absolute Gasteiger partial charge is 0.251 e. The minimum atomic E-state index is -0.496. The molecule has 4 aliphatic rings. The number of hydrogen-bond acceptors (Lipinski definition) is 6. The Bertz CT molecular complexity index is 1250. The van der Waals surface area contributed by atoms with Crippen molar-refractivity contribution in [3.63, 3.8) is 0 Å². The number of ketones is 1. The first kappa shape index (κ1) is 27.7. The molecule has 2 saturated heterocycles. The topological polar surface area (TPSA) is 117 Å². The van der Waals surface area contributed by atoms with Crippen LogP contribution in [-0.4, -0.2) is 47.3 Å². The van der Waals surface area contributed by atoms with Crippen molar-refractivity contribution < 1.29 is 14.4 Å². The lowest BCUT2D eigenvalue weighted by Gasteiger charge is -2.40. The number of carbonyl (C=O) groups excluding carboxylic acids is 3. The minimum Gasteiger partial charge on any atom is -0.384 e. The van der Waals surface area contributed by atoms with Crippen molar-refractivity contribution in [2.75, 3.05) is 16.8 Å². The summed E-state index contributed by atoms with van der Waals surface area (Å²) in [4.78, 5) is 45.1. The fraction of sp³-hybridized carbons (Fsp3) is 0.576. The first-order valence-electron chi connectivity index (χ1n) is 15.7. The van der Waals surface area contributed by atoms with Gasteiger partial charge in [-0.15, -0.1) is 0 Å². The molecule has 1 unspecified atom stereocenters. The van der Waals surface area contributed by atoms with Crippen molar-refractivity contribution in [3.8, 4) is 0 Å². The molecule has 4 fully saturated rings. The number of pyridine rings is 1. The summed E-state index contributed by atoms with van der Waals surface area (Å²) in [6, 6.07) is 9.75. The van der Waals surface area contributed by atoms with E-state index >= 15 is 0 Å². The fourth-order valence-electron chi connectivity index (χ4n) is 7.22. The molecule has 1 aromatic heterocycles. The summed E-state index contributed by atoms with van der Waals surface area (Å²) in [5.41, 5.74) is 7.87. The van der Waals surface area contributed by atoms with E-state index in [9.17, 15) is 14.4 Å². The van der Waals surface area contributed by atoms with E-state index in [0.717, 1.165) is 44.5 Å². The van der Waals surface area contributed by atoms with E-state index in [0.29, 0.717) is 52.7 Å². The fourth-order valence-corrected chi connectivity index (χ4v) is 7.22. The summed E-state index contributed by atoms with van der Waals surface area (Å²) in [5, 5.41) is 6.57. The predicted molar refractivity (Wildman–Crippen MR) is 160 cm³/mol. The lowest BCUT2D eigenvalue weighted by atomic mass is 9.85. The van der Waals surface area contributed by atoms with Gasteiger partial charge < -0.3 is 21.3 Å². The zero-order valence-electron chi connectivity index (χ0n) is 23.9. The second-order valence-electron chi connectivity index (χ2n) is 12.8. The van der Waals surface area contributed by atoms with Crippen molar-refractivity contribution in [1.29, 1.82) is 0 Å². The van der Waals surface area contributed by atoms with Gasteiger partial charge in [-0.3, -0.25) is 14.4 Å². The van der Waals surface area contributed by atoms with Crippen LogP contribution in [0.3, 0.4) is 0 Å². The zero-order valence-corrected chi connectivity index (χ0v) is 23.9. The van der Waals surface area contributed by atoms with E-state index < -0.39 is 5.91 Å². The molecule has 4 N–H and O–H groups in total. The van der Waals surface area contributed by atoms with Crippen molar-refractivity contribution in [2.45, 2.75) is 102 Å². The van der Waals surface area contributed by atoms with Crippen molar-refractivity contribution in [3.05, 3.63) is 53.2 Å². The van der Waals surface area contributed by atoms with Crippen molar-refractivity contribution in [1.82, 2.24) is 10.3 Å². The molecule has 3 heterocycles. The maximum atomic E-state index is 13.2. The van der Waals surface area contributed by atoms with Gasteiger partial charge in [-0.05, 0) is 87.1 Å². The standard InChI is InChI=1S/C33H43N5O3/c34-32(40)28-13-9-23(16-29(28)35-19-22-6-7-22)33(41)37-25-17-26-11-12-27(18-25)38(26)31-15-10-24(20-36-31)30(39)14-8-21-4-2-1-3-5-21/h9-10,13,15-16,20-22,25-27,35H,1-8,11-12,14,17-19H2,(H2,34,40)(H,37,41)/t25?,26-,27+. The summed E-state index contributed by atoms with van der Waals surface area (Å²) >= 11 is 0. The molecule has 2 aliphatic heterocycles. The van der Waals surface area contributed by atoms with Crippen molar-refractivity contribution in [2.24, 2.45) is 17.6 Å². The lowest BCUT2D eigenvalue weighted by molar-refractivity contribution is 0.0924. The van der Waals surface area contributed by atoms with Gasteiger partial charge in [0.1, 0.15) is 5.82 Å². The molecule has 1 aromatic carbocycles. The van der Waals surface area contributed by atoms with Crippen LogP contribution in [0.15, 0.2) is 36.5 Å². The highest BCUT2D eigenvalue weighted by atomic mass is 16.2. The highest BCUT2D eigenvalue weighted by molar-refractivity contribution is 6.02. The lowest BCUT2D eigenvalue weighted by Crippen LogP contribution is -2.50. The van der Waals surface area contributed by atoms with E-state index in [1.165, 1.54) is 44.9 Å². The number of carbonyl (C=O) groups is 3. The van der Waals surface area contributed by atoms with Crippen LogP contribution in [0, 0.1) is 11.8 Å². The van der Waals surface area contributed by atoms with Gasteiger partial charge >= 0.3 is 0 Å². The number of nitrogens with two attached hydrogens (primary N) is 1. The Balaban J connectivity index is 1.04. The highest BCUT2D eigenvalue weighted by Crippen LogP contribution is 2.39. The van der Waals surface area contributed by atoms with Gasteiger partial charge in [0.25, 0.3) is 11.8 Å². The Morgan fingerprint density at radius 3 is 2.27 bits per heavy atom. The molecule has 218 valence electrons. The van der Waals surface area contributed by atoms with E-state index in [1.807, 2.05) is 12.1 Å². The molecule has 8 heteroatoms. The van der Waals surface area contributed by atoms with Gasteiger partial charge in [-0.2, -0.15) is 0 Å². The normalized spacial score (nSPS) is 24.2. The number of aromatic nitrogens is 1. The molecule has 0 spiro atoms. The van der Waals surface area contributed by atoms with Gasteiger partial charge in [-0.25, -0.2) is 4.98 Å². The van der Waals surface area contributed by atoms with Gasteiger partial charge in [-0.1, -0.05) is 32.1 Å². The minimum absolute atomic E-state index is 0.0792. The largest absolute Gasteiger partial charge is 0.384 e. The maximum absolute atomic E-state index is 13.2. The van der Waals surface area contributed by atoms with E-state index in [1.54, 1.807) is 24.4 Å². The van der Waals surface area contributed by atoms with E-state index in [2.05, 4.69) is 15.5 Å². The van der Waals surface area contributed by atoms with E-state index in [-0.39, 0.29) is 17.7 Å². The Labute approximate surface area is 242 Å². The summed E-state index contributed by atoms with van der Waals surface area (Å²) < 4.78 is 0. The van der Waals surface area contributed by atoms with Crippen molar-refractivity contribution >= 4 is 29.1 Å². The van der Waals surface area contributed by atoms with Crippen LogP contribution in [0.1, 0.15) is 115 Å². The molecule has 3 atom stereocenters. The summed E-state index contributed by atoms with van der Waals surface area (Å²) in [5.74, 6) is 1.85. The molecule has 0 radical (unpaired) electrons. The molecule has 2 saturated carbocycles. The number of nitrogens with one attached hydrogen (secondary N) is 2. The molecule has 2 aliphatic carbocycles. The number of primary amides is 1. The Kier molecular flexibility index (Phi) is 8.26. The number of fused-ring (bicyclic) bond motifs is 2. The highest BCUT2D eigenvalue weighted by Gasteiger charge is 2.42. The molecular formula is C33H43N5O3. The Morgan fingerprint density at radius 2 is 1.61 bits per heavy atom. The number of piperidine rings is 1. The average Bonchev–Trinajstić information content (AvgIpc) is 3.78. The van der Waals surface area contributed by atoms with Crippen LogP contribution in [0.4, 0.5) is 11.5 Å². The quantitative estimate of drug-likeness (QED) is 0.315. The van der Waals surface area contributed by atoms with Gasteiger partial charge in [0.05, 0.1) is 5.56 Å². The zero-order chi connectivity index (χ0) is 28.3. The Hall–Kier alpha value is -3.42. The predicted octanol–water partition coefficient (Wildman–Crippen LogP) is 5.48. The number of Topliss-reactive ketones (excluding diaryl/α,β-unsaturated/α-hetero) is 1. The third kappa shape index (κ3) is 6.57. The second-order valence-corrected chi connectivity index (χ2v) is 12.8. The molecule has 6 rings (SSSR count). The summed E-state index contributed by atoms with van der Waals surface area (Å²) in [7, 11) is 0. The third-order valence-electron chi connectivity index (χ3n) is 9.73. The number of nitrogens with zero attached hydrogens (tertiary/aromatic N) is 2. The summed E-state index contributed by atoms with van der Waals surface area (Å²) in [6.07, 6.45) is 16.1. The first-order valence-corrected chi connectivity index (χ1v) is 15.7. The number of anilines is 2. The van der Waals surface area contributed by atoms with Gasteiger partial charge in [0.15, 0.2) is 5.78 Å². The molecule has 2 bridgehead atoms. The van der Waals surface area contributed by atoms with Crippen LogP contribution >= 0.6 is 0 Å². The molecule has 2 aromatic rings. The van der Waals surface area contributed by atoms with Gasteiger partial charge in [0.2, 0.25) is 0 Å². The number of hydrogen-bond donors (Lipinski definition) is 3. The molecule has 41 heavy (non-hydrogen) atoms. The van der Waals surface area contributed by atoms with Crippen LogP contribution in [0.5, 0.6) is 0 Å². The van der Waals surface area contributed by atoms with E-state index in [4.69, 9.17) is 10.7 Å². The van der Waals surface area contributed by atoms with Crippen LogP contribution in [-0.2, 0) is 0 Å². The molecule has 2 amide bonds. The Morgan fingerprint density at radius 1 is 0.878 bits per heavy atom. The summed E-state index contributed by atoms with van der Waals surface area (Å²) in [6.45, 7) is 0.789. The SMILES string of the molecule is NC(=O)c1ccc(C(=O)NC2C[C@H]3CC[C@@H](C2)N3c2ccc(C(=O)CCC3CCCCC3)cn2)cc1NCC1CC1. The maximum Gasteiger partial charge on any atom is 0.251 e. The monoisotopic (exact) mass is 557 g/mol. The number of amides is 2. The van der Waals surface area contributed by atoms with Crippen LogP contribution < -0.4 is 21.3 Å². The van der Waals surface area contributed by atoms with Crippen LogP contribution in [0.2, 0.25) is 0 Å². The molecule has 8 nitrogen and oxygen atoms in total. The second kappa shape index (κ2) is 12.2. The number of benzene rings is 1.